The van der Waals surface area contributed by atoms with E-state index in [0.29, 0.717) is 0 Å². The van der Waals surface area contributed by atoms with Crippen LogP contribution in [-0.4, -0.2) is 22.8 Å². The molecule has 0 heterocycles. The van der Waals surface area contributed by atoms with Crippen LogP contribution in [0.25, 0.3) is 0 Å². The van der Waals surface area contributed by atoms with Crippen LogP contribution in [0.1, 0.15) is 0 Å². The number of hydrogen-bond acceptors (Lipinski definition) is 2. The molecule has 0 aromatic rings. The van der Waals surface area contributed by atoms with Crippen molar-refractivity contribution in [2.75, 3.05) is 6.61 Å². The quantitative estimate of drug-likeness (QED) is 0.751. The smallest absolute Gasteiger partial charge is 0.311 e. The van der Waals surface area contributed by atoms with E-state index >= 15 is 0 Å². The third kappa shape index (κ3) is 1.95. The highest BCUT2D eigenvalue weighted by Gasteiger charge is 2.25. The van der Waals surface area contributed by atoms with Gasteiger partial charge >= 0.3 is 5.97 Å². The Balaban J connectivity index is 2.79. The van der Waals surface area contributed by atoms with Crippen LogP contribution < -0.4 is 0 Å². The molecule has 0 aliphatic heterocycles. The predicted octanol–water partition coefficient (Wildman–Crippen LogP) is 1.14. The molecule has 0 saturated carbocycles. The van der Waals surface area contributed by atoms with Crippen LogP contribution in [0.4, 0.5) is 0 Å². The lowest BCUT2D eigenvalue weighted by Gasteiger charge is -2.18. The first kappa shape index (κ1) is 9.48. The number of halogens is 1. The Morgan fingerprint density at radius 2 is 2.33 bits per heavy atom. The molecule has 2 unspecified atom stereocenters. The van der Waals surface area contributed by atoms with E-state index in [1.165, 1.54) is 0 Å². The lowest BCUT2D eigenvalue weighted by Crippen LogP contribution is -2.24. The standard InChI is InChI=1S/C8H9BrO3/c9-6-1-2-7(8(11)12)5(3-6)4-10/h1-3,5,7,10H,4H2,(H,11,12). The minimum absolute atomic E-state index is 0.142. The predicted molar refractivity (Wildman–Crippen MR) is 47.9 cm³/mol. The number of aliphatic hydroxyl groups excluding tert-OH is 1. The Labute approximate surface area is 78.5 Å². The highest BCUT2D eigenvalue weighted by Crippen LogP contribution is 2.25. The van der Waals surface area contributed by atoms with Crippen molar-refractivity contribution in [3.63, 3.8) is 0 Å². The molecule has 1 aliphatic rings. The normalized spacial score (nSPS) is 28.3. The molecular formula is C8H9BrO3. The van der Waals surface area contributed by atoms with E-state index < -0.39 is 11.9 Å². The van der Waals surface area contributed by atoms with Crippen molar-refractivity contribution in [3.05, 3.63) is 22.7 Å². The molecule has 2 atom stereocenters. The Morgan fingerprint density at radius 1 is 1.67 bits per heavy atom. The first-order chi connectivity index (χ1) is 5.65. The maximum atomic E-state index is 10.6. The van der Waals surface area contributed by atoms with Gasteiger partial charge in [-0.3, -0.25) is 4.79 Å². The van der Waals surface area contributed by atoms with Gasteiger partial charge in [-0.2, -0.15) is 0 Å². The van der Waals surface area contributed by atoms with Gasteiger partial charge in [-0.05, 0) is 0 Å². The molecule has 2 N–H and O–H groups in total. The van der Waals surface area contributed by atoms with E-state index in [1.807, 2.05) is 0 Å². The first-order valence-corrected chi connectivity index (χ1v) is 4.33. The monoisotopic (exact) mass is 232 g/mol. The molecule has 3 nitrogen and oxygen atoms in total. The molecule has 0 spiro atoms. The van der Waals surface area contributed by atoms with Gasteiger partial charge in [0, 0.05) is 10.4 Å². The molecule has 0 fully saturated rings. The number of carboxylic acids is 1. The average Bonchev–Trinajstić information content (AvgIpc) is 2.03. The van der Waals surface area contributed by atoms with E-state index in [4.69, 9.17) is 10.2 Å². The summed E-state index contributed by atoms with van der Waals surface area (Å²) in [5.41, 5.74) is 0. The summed E-state index contributed by atoms with van der Waals surface area (Å²) >= 11 is 3.22. The molecule has 0 amide bonds. The second-order valence-electron chi connectivity index (χ2n) is 2.62. The summed E-state index contributed by atoms with van der Waals surface area (Å²) in [6.45, 7) is -0.142. The van der Waals surface area contributed by atoms with Crippen molar-refractivity contribution >= 4 is 21.9 Å². The molecule has 1 rings (SSSR count). The van der Waals surface area contributed by atoms with Crippen molar-refractivity contribution in [2.24, 2.45) is 11.8 Å². The number of aliphatic carboxylic acids is 1. The first-order valence-electron chi connectivity index (χ1n) is 3.54. The Morgan fingerprint density at radius 3 is 2.83 bits per heavy atom. The van der Waals surface area contributed by atoms with E-state index in [9.17, 15) is 4.79 Å². The van der Waals surface area contributed by atoms with Gasteiger partial charge in [0.1, 0.15) is 0 Å². The molecule has 4 heteroatoms. The van der Waals surface area contributed by atoms with Crippen LogP contribution in [0, 0.1) is 11.8 Å². The van der Waals surface area contributed by atoms with Crippen molar-refractivity contribution < 1.29 is 15.0 Å². The van der Waals surface area contributed by atoms with E-state index in [1.54, 1.807) is 18.2 Å². The minimum atomic E-state index is -0.901. The van der Waals surface area contributed by atoms with Gasteiger partial charge in [0.05, 0.1) is 12.5 Å². The second-order valence-corrected chi connectivity index (χ2v) is 3.54. The van der Waals surface area contributed by atoms with Gasteiger partial charge in [-0.25, -0.2) is 0 Å². The maximum Gasteiger partial charge on any atom is 0.311 e. The lowest BCUT2D eigenvalue weighted by molar-refractivity contribution is -0.141. The topological polar surface area (TPSA) is 57.5 Å². The summed E-state index contributed by atoms with van der Waals surface area (Å²) in [5.74, 6) is -1.82. The molecule has 12 heavy (non-hydrogen) atoms. The number of hydrogen-bond donors (Lipinski definition) is 2. The van der Waals surface area contributed by atoms with Crippen LogP contribution in [0.2, 0.25) is 0 Å². The molecule has 66 valence electrons. The molecule has 0 bridgehead atoms. The van der Waals surface area contributed by atoms with Gasteiger partial charge in [-0.1, -0.05) is 34.2 Å². The molecule has 1 aliphatic carbocycles. The Bertz CT molecular complexity index is 245. The molecular weight excluding hydrogens is 224 g/mol. The third-order valence-corrected chi connectivity index (χ3v) is 2.32. The maximum absolute atomic E-state index is 10.6. The van der Waals surface area contributed by atoms with E-state index in [0.717, 1.165) is 4.48 Å². The zero-order chi connectivity index (χ0) is 9.14. The fraction of sp³-hybridized carbons (Fsp3) is 0.375. The van der Waals surface area contributed by atoms with Crippen molar-refractivity contribution in [2.45, 2.75) is 0 Å². The SMILES string of the molecule is O=C(O)C1C=CC(Br)=CC1CO. The average molecular weight is 233 g/mol. The summed E-state index contributed by atoms with van der Waals surface area (Å²) in [4.78, 5) is 10.6. The zero-order valence-electron chi connectivity index (χ0n) is 6.27. The zero-order valence-corrected chi connectivity index (χ0v) is 7.86. The van der Waals surface area contributed by atoms with Gasteiger partial charge < -0.3 is 10.2 Å². The molecule has 0 radical (unpaired) electrons. The molecule has 0 saturated heterocycles. The number of aliphatic hydroxyl groups is 1. The number of rotatable bonds is 2. The number of allylic oxidation sites excluding steroid dienone is 2. The highest BCUT2D eigenvalue weighted by molar-refractivity contribution is 9.11. The highest BCUT2D eigenvalue weighted by atomic mass is 79.9. The van der Waals surface area contributed by atoms with Gasteiger partial charge in [0.25, 0.3) is 0 Å². The minimum Gasteiger partial charge on any atom is -0.481 e. The fourth-order valence-corrected chi connectivity index (χ4v) is 1.63. The summed E-state index contributed by atoms with van der Waals surface area (Å²) in [6.07, 6.45) is 4.97. The molecule has 0 aromatic carbocycles. The van der Waals surface area contributed by atoms with Gasteiger partial charge in [-0.15, -0.1) is 0 Å². The van der Waals surface area contributed by atoms with Crippen molar-refractivity contribution in [3.8, 4) is 0 Å². The van der Waals surface area contributed by atoms with Crippen LogP contribution in [0.3, 0.4) is 0 Å². The summed E-state index contributed by atoms with van der Waals surface area (Å²) in [7, 11) is 0. The van der Waals surface area contributed by atoms with E-state index in [-0.39, 0.29) is 12.5 Å². The van der Waals surface area contributed by atoms with Crippen LogP contribution >= 0.6 is 15.9 Å². The van der Waals surface area contributed by atoms with Crippen LogP contribution in [0.5, 0.6) is 0 Å². The van der Waals surface area contributed by atoms with Crippen molar-refractivity contribution in [1.29, 1.82) is 0 Å². The largest absolute Gasteiger partial charge is 0.481 e. The third-order valence-electron chi connectivity index (χ3n) is 1.79. The summed E-state index contributed by atoms with van der Waals surface area (Å²) in [5, 5.41) is 17.6. The fourth-order valence-electron chi connectivity index (χ4n) is 1.13. The summed E-state index contributed by atoms with van der Waals surface area (Å²) < 4.78 is 0.819. The van der Waals surface area contributed by atoms with Crippen molar-refractivity contribution in [1.82, 2.24) is 0 Å². The second kappa shape index (κ2) is 3.87. The lowest BCUT2D eigenvalue weighted by atomic mass is 9.89. The van der Waals surface area contributed by atoms with Gasteiger partial charge in [0.2, 0.25) is 0 Å². The number of carbonyl (C=O) groups is 1. The van der Waals surface area contributed by atoms with Crippen LogP contribution in [0.15, 0.2) is 22.7 Å². The summed E-state index contributed by atoms with van der Waals surface area (Å²) in [6, 6.07) is 0. The molecule has 0 aromatic heterocycles. The Hall–Kier alpha value is -0.610. The van der Waals surface area contributed by atoms with E-state index in [2.05, 4.69) is 15.9 Å². The number of carboxylic acid groups (broad SMARTS) is 1. The van der Waals surface area contributed by atoms with Crippen LogP contribution in [-0.2, 0) is 4.79 Å². The van der Waals surface area contributed by atoms with Gasteiger partial charge in [0.15, 0.2) is 0 Å². The Kier molecular flexibility index (Phi) is 3.05.